The third kappa shape index (κ3) is 4.49. The molecule has 1 aromatic heterocycles. The SMILES string of the molecule is Cc1cc(C(=O)NCC(C)CCC(=O)O)sc1C. The first-order valence-electron chi connectivity index (χ1n) is 5.97. The van der Waals surface area contributed by atoms with E-state index in [0.717, 1.165) is 15.3 Å². The fourth-order valence-electron chi connectivity index (χ4n) is 1.51. The molecule has 1 atom stereocenters. The molecule has 4 nitrogen and oxygen atoms in total. The van der Waals surface area contributed by atoms with Gasteiger partial charge in [-0.2, -0.15) is 0 Å². The maximum Gasteiger partial charge on any atom is 0.303 e. The molecule has 0 spiro atoms. The molecule has 1 unspecified atom stereocenters. The normalized spacial score (nSPS) is 12.2. The number of carbonyl (C=O) groups excluding carboxylic acids is 1. The van der Waals surface area contributed by atoms with E-state index in [1.807, 2.05) is 26.8 Å². The molecule has 100 valence electrons. The summed E-state index contributed by atoms with van der Waals surface area (Å²) < 4.78 is 0. The van der Waals surface area contributed by atoms with Gasteiger partial charge in [-0.3, -0.25) is 9.59 Å². The first-order chi connectivity index (χ1) is 8.40. The monoisotopic (exact) mass is 269 g/mol. The van der Waals surface area contributed by atoms with Crippen LogP contribution < -0.4 is 5.32 Å². The smallest absolute Gasteiger partial charge is 0.303 e. The number of carboxylic acid groups (broad SMARTS) is 1. The van der Waals surface area contributed by atoms with Crippen molar-refractivity contribution >= 4 is 23.2 Å². The van der Waals surface area contributed by atoms with Crippen molar-refractivity contribution in [1.82, 2.24) is 5.32 Å². The zero-order valence-electron chi connectivity index (χ0n) is 10.9. The fourth-order valence-corrected chi connectivity index (χ4v) is 2.46. The predicted octanol–water partition coefficient (Wildman–Crippen LogP) is 2.60. The second-order valence-corrected chi connectivity index (χ2v) is 5.85. The summed E-state index contributed by atoms with van der Waals surface area (Å²) in [4.78, 5) is 24.1. The van der Waals surface area contributed by atoms with Crippen molar-refractivity contribution in [1.29, 1.82) is 0 Å². The summed E-state index contributed by atoms with van der Waals surface area (Å²) in [5.74, 6) is -0.691. The molecule has 0 aliphatic carbocycles. The Morgan fingerprint density at radius 2 is 2.11 bits per heavy atom. The average molecular weight is 269 g/mol. The lowest BCUT2D eigenvalue weighted by atomic mass is 10.1. The molecule has 18 heavy (non-hydrogen) atoms. The van der Waals surface area contributed by atoms with E-state index in [2.05, 4.69) is 5.32 Å². The molecule has 0 fully saturated rings. The Kier molecular flexibility index (Phi) is 5.34. The van der Waals surface area contributed by atoms with E-state index in [9.17, 15) is 9.59 Å². The molecule has 1 amide bonds. The van der Waals surface area contributed by atoms with Gasteiger partial charge in [0.15, 0.2) is 0 Å². The van der Waals surface area contributed by atoms with Crippen molar-refractivity contribution in [2.45, 2.75) is 33.6 Å². The Morgan fingerprint density at radius 1 is 1.44 bits per heavy atom. The van der Waals surface area contributed by atoms with E-state index in [1.165, 1.54) is 11.3 Å². The standard InChI is InChI=1S/C13H19NO3S/c1-8(4-5-12(15)16)7-14-13(17)11-6-9(2)10(3)18-11/h6,8H,4-5,7H2,1-3H3,(H,14,17)(H,15,16). The molecule has 1 rings (SSSR count). The highest BCUT2D eigenvalue weighted by Crippen LogP contribution is 2.20. The summed E-state index contributed by atoms with van der Waals surface area (Å²) in [6, 6.07) is 1.89. The minimum atomic E-state index is -0.794. The Labute approximate surface area is 111 Å². The number of hydrogen-bond acceptors (Lipinski definition) is 3. The first kappa shape index (κ1) is 14.7. The number of nitrogens with one attached hydrogen (secondary N) is 1. The summed E-state index contributed by atoms with van der Waals surface area (Å²) in [6.07, 6.45) is 0.729. The molecule has 5 heteroatoms. The van der Waals surface area contributed by atoms with Gasteiger partial charge in [0.1, 0.15) is 0 Å². The van der Waals surface area contributed by atoms with Gasteiger partial charge in [0.05, 0.1) is 4.88 Å². The van der Waals surface area contributed by atoms with E-state index in [4.69, 9.17) is 5.11 Å². The van der Waals surface area contributed by atoms with E-state index < -0.39 is 5.97 Å². The van der Waals surface area contributed by atoms with Gasteiger partial charge in [-0.05, 0) is 37.8 Å². The number of hydrogen-bond donors (Lipinski definition) is 2. The number of rotatable bonds is 6. The number of aliphatic carboxylic acids is 1. The molecule has 0 saturated heterocycles. The molecule has 1 aromatic rings. The third-order valence-corrected chi connectivity index (χ3v) is 4.00. The Morgan fingerprint density at radius 3 is 2.61 bits per heavy atom. The Balaban J connectivity index is 2.39. The Bertz CT molecular complexity index is 420. The second kappa shape index (κ2) is 6.54. The third-order valence-electron chi connectivity index (χ3n) is 2.85. The average Bonchev–Trinajstić information content (AvgIpc) is 2.64. The van der Waals surface area contributed by atoms with Gasteiger partial charge in [0, 0.05) is 17.8 Å². The van der Waals surface area contributed by atoms with Crippen molar-refractivity contribution < 1.29 is 14.7 Å². The lowest BCUT2D eigenvalue weighted by Gasteiger charge is -2.10. The van der Waals surface area contributed by atoms with E-state index in [-0.39, 0.29) is 18.2 Å². The molecule has 2 N–H and O–H groups in total. The van der Waals surface area contributed by atoms with Crippen molar-refractivity contribution in [2.75, 3.05) is 6.54 Å². The van der Waals surface area contributed by atoms with Crippen molar-refractivity contribution in [3.8, 4) is 0 Å². The number of carboxylic acids is 1. The zero-order chi connectivity index (χ0) is 13.7. The van der Waals surface area contributed by atoms with Crippen molar-refractivity contribution in [2.24, 2.45) is 5.92 Å². The van der Waals surface area contributed by atoms with Gasteiger partial charge < -0.3 is 10.4 Å². The van der Waals surface area contributed by atoms with Gasteiger partial charge in [0.2, 0.25) is 0 Å². The Hall–Kier alpha value is -1.36. The minimum Gasteiger partial charge on any atom is -0.481 e. The molecule has 0 aliphatic heterocycles. The molecule has 0 aromatic carbocycles. The van der Waals surface area contributed by atoms with E-state index in [0.29, 0.717) is 13.0 Å². The first-order valence-corrected chi connectivity index (χ1v) is 6.78. The van der Waals surface area contributed by atoms with Crippen LogP contribution in [-0.4, -0.2) is 23.5 Å². The molecule has 0 aliphatic rings. The zero-order valence-corrected chi connectivity index (χ0v) is 11.8. The van der Waals surface area contributed by atoms with Gasteiger partial charge in [-0.15, -0.1) is 11.3 Å². The highest BCUT2D eigenvalue weighted by molar-refractivity contribution is 7.14. The van der Waals surface area contributed by atoms with Gasteiger partial charge in [-0.1, -0.05) is 6.92 Å². The maximum absolute atomic E-state index is 11.8. The summed E-state index contributed by atoms with van der Waals surface area (Å²) >= 11 is 1.49. The van der Waals surface area contributed by atoms with Gasteiger partial charge in [-0.25, -0.2) is 0 Å². The lowest BCUT2D eigenvalue weighted by molar-refractivity contribution is -0.137. The van der Waals surface area contributed by atoms with Crippen LogP contribution in [0.2, 0.25) is 0 Å². The maximum atomic E-state index is 11.8. The predicted molar refractivity (Wildman–Crippen MR) is 72.2 cm³/mol. The minimum absolute atomic E-state index is 0.0709. The van der Waals surface area contributed by atoms with Crippen LogP contribution in [0.3, 0.4) is 0 Å². The molecule has 1 heterocycles. The topological polar surface area (TPSA) is 66.4 Å². The van der Waals surface area contributed by atoms with E-state index >= 15 is 0 Å². The van der Waals surface area contributed by atoms with Crippen molar-refractivity contribution in [3.63, 3.8) is 0 Å². The van der Waals surface area contributed by atoms with E-state index in [1.54, 1.807) is 0 Å². The van der Waals surface area contributed by atoms with Gasteiger partial charge in [0.25, 0.3) is 5.91 Å². The van der Waals surface area contributed by atoms with Crippen LogP contribution in [0, 0.1) is 19.8 Å². The fraction of sp³-hybridized carbons (Fsp3) is 0.538. The van der Waals surface area contributed by atoms with Crippen molar-refractivity contribution in [3.05, 3.63) is 21.4 Å². The molecular formula is C13H19NO3S. The largest absolute Gasteiger partial charge is 0.481 e. The number of thiophene rings is 1. The number of carbonyl (C=O) groups is 2. The van der Waals surface area contributed by atoms with Crippen LogP contribution in [-0.2, 0) is 4.79 Å². The summed E-state index contributed by atoms with van der Waals surface area (Å²) in [6.45, 7) is 6.43. The molecule has 0 radical (unpaired) electrons. The number of amides is 1. The van der Waals surface area contributed by atoms with Crippen LogP contribution >= 0.6 is 11.3 Å². The van der Waals surface area contributed by atoms with Crippen LogP contribution in [0.5, 0.6) is 0 Å². The lowest BCUT2D eigenvalue weighted by Crippen LogP contribution is -2.27. The van der Waals surface area contributed by atoms with Crippen LogP contribution in [0.1, 0.15) is 39.9 Å². The highest BCUT2D eigenvalue weighted by Gasteiger charge is 2.12. The van der Waals surface area contributed by atoms with Crippen LogP contribution in [0.25, 0.3) is 0 Å². The molecular weight excluding hydrogens is 250 g/mol. The van der Waals surface area contributed by atoms with Gasteiger partial charge >= 0.3 is 5.97 Å². The number of aryl methyl sites for hydroxylation is 2. The summed E-state index contributed by atoms with van der Waals surface area (Å²) in [5, 5.41) is 11.4. The molecule has 0 saturated carbocycles. The summed E-state index contributed by atoms with van der Waals surface area (Å²) in [7, 11) is 0. The van der Waals surface area contributed by atoms with Crippen LogP contribution in [0.15, 0.2) is 6.07 Å². The highest BCUT2D eigenvalue weighted by atomic mass is 32.1. The summed E-state index contributed by atoms with van der Waals surface area (Å²) in [5.41, 5.74) is 1.13. The molecule has 0 bridgehead atoms. The van der Waals surface area contributed by atoms with Crippen LogP contribution in [0.4, 0.5) is 0 Å². The second-order valence-electron chi connectivity index (χ2n) is 4.60. The quantitative estimate of drug-likeness (QED) is 0.834.